The van der Waals surface area contributed by atoms with E-state index in [9.17, 15) is 14.4 Å². The maximum absolute atomic E-state index is 13.1. The molecule has 4 rings (SSSR count). The Labute approximate surface area is 205 Å². The number of carbonyl (C=O) groups excluding carboxylic acids is 3. The van der Waals surface area contributed by atoms with Crippen LogP contribution in [0.3, 0.4) is 0 Å². The topological polar surface area (TPSA) is 69.7 Å². The maximum Gasteiger partial charge on any atom is 0.283 e. The number of carbonyl (C=O) groups is 3. The third-order valence-electron chi connectivity index (χ3n) is 6.31. The second-order valence-corrected chi connectivity index (χ2v) is 9.19. The van der Waals surface area contributed by atoms with Crippen LogP contribution in [-0.4, -0.2) is 35.7 Å². The molecule has 0 unspecified atom stereocenters. The molecule has 0 radical (unpaired) electrons. The van der Waals surface area contributed by atoms with Crippen LogP contribution in [0.15, 0.2) is 59.3 Å². The molecule has 0 atom stereocenters. The summed E-state index contributed by atoms with van der Waals surface area (Å²) in [6.07, 6.45) is 7.46. The number of halogens is 1. The Morgan fingerprint density at radius 1 is 0.971 bits per heavy atom. The van der Waals surface area contributed by atoms with Crippen LogP contribution in [0.2, 0.25) is 0 Å². The van der Waals surface area contributed by atoms with Gasteiger partial charge in [-0.05, 0) is 61.6 Å². The molecule has 2 aliphatic rings. The summed E-state index contributed by atoms with van der Waals surface area (Å²) in [7, 11) is 0. The summed E-state index contributed by atoms with van der Waals surface area (Å²) >= 11 is 6.29. The van der Waals surface area contributed by atoms with Gasteiger partial charge in [-0.2, -0.15) is 0 Å². The van der Waals surface area contributed by atoms with Gasteiger partial charge in [0.15, 0.2) is 0 Å². The molecule has 6 nitrogen and oxygen atoms in total. The van der Waals surface area contributed by atoms with E-state index in [1.807, 2.05) is 17.0 Å². The third kappa shape index (κ3) is 5.17. The number of amides is 3. The highest BCUT2D eigenvalue weighted by Gasteiger charge is 2.39. The molecule has 2 aromatic rings. The summed E-state index contributed by atoms with van der Waals surface area (Å²) in [4.78, 5) is 41.9. The lowest BCUT2D eigenvalue weighted by Crippen LogP contribution is -2.32. The van der Waals surface area contributed by atoms with Gasteiger partial charge >= 0.3 is 0 Å². The van der Waals surface area contributed by atoms with Gasteiger partial charge in [-0.15, -0.1) is 0 Å². The Balaban J connectivity index is 1.49. The highest BCUT2D eigenvalue weighted by molar-refractivity contribution is 6.53. The zero-order valence-corrected chi connectivity index (χ0v) is 20.2. The predicted molar refractivity (Wildman–Crippen MR) is 135 cm³/mol. The van der Waals surface area contributed by atoms with Crippen molar-refractivity contribution in [2.45, 2.75) is 51.9 Å². The fourth-order valence-corrected chi connectivity index (χ4v) is 4.58. The number of unbranched alkanes of at least 4 members (excludes halogenated alkanes) is 1. The van der Waals surface area contributed by atoms with Crippen LogP contribution in [-0.2, 0) is 16.0 Å². The van der Waals surface area contributed by atoms with E-state index in [0.717, 1.165) is 68.5 Å². The van der Waals surface area contributed by atoms with Gasteiger partial charge in [-0.25, -0.2) is 4.90 Å². The number of nitrogens with one attached hydrogen (secondary N) is 1. The van der Waals surface area contributed by atoms with Crippen LogP contribution in [0.4, 0.5) is 11.4 Å². The van der Waals surface area contributed by atoms with Crippen molar-refractivity contribution in [1.82, 2.24) is 4.90 Å². The minimum absolute atomic E-state index is 0.0149. The van der Waals surface area contributed by atoms with Crippen LogP contribution in [0.25, 0.3) is 0 Å². The van der Waals surface area contributed by atoms with E-state index in [4.69, 9.17) is 11.6 Å². The number of benzene rings is 2. The van der Waals surface area contributed by atoms with Gasteiger partial charge < -0.3 is 10.2 Å². The monoisotopic (exact) mass is 479 g/mol. The molecule has 178 valence electrons. The second-order valence-electron chi connectivity index (χ2n) is 8.82. The smallest absolute Gasteiger partial charge is 0.283 e. The van der Waals surface area contributed by atoms with Crippen LogP contribution < -0.4 is 10.2 Å². The van der Waals surface area contributed by atoms with E-state index in [0.29, 0.717) is 16.9 Å². The van der Waals surface area contributed by atoms with Gasteiger partial charge in [0, 0.05) is 24.3 Å². The lowest BCUT2D eigenvalue weighted by atomic mass is 10.1. The van der Waals surface area contributed by atoms with E-state index in [1.54, 1.807) is 36.4 Å². The summed E-state index contributed by atoms with van der Waals surface area (Å²) < 4.78 is 0. The minimum Gasteiger partial charge on any atom is -0.350 e. The van der Waals surface area contributed by atoms with Gasteiger partial charge in [0.1, 0.15) is 10.7 Å². The predicted octanol–water partition coefficient (Wildman–Crippen LogP) is 5.48. The van der Waals surface area contributed by atoms with Crippen molar-refractivity contribution in [3.05, 3.63) is 70.4 Å². The molecule has 0 saturated carbocycles. The first kappa shape index (κ1) is 24.0. The molecule has 1 saturated heterocycles. The van der Waals surface area contributed by atoms with Crippen molar-refractivity contribution in [2.24, 2.45) is 0 Å². The van der Waals surface area contributed by atoms with Gasteiger partial charge in [0.2, 0.25) is 0 Å². The fourth-order valence-electron chi connectivity index (χ4n) is 4.37. The molecule has 0 aromatic heterocycles. The molecule has 2 aliphatic heterocycles. The van der Waals surface area contributed by atoms with Crippen LogP contribution in [0.1, 0.15) is 61.4 Å². The van der Waals surface area contributed by atoms with E-state index >= 15 is 0 Å². The van der Waals surface area contributed by atoms with Crippen LogP contribution >= 0.6 is 11.6 Å². The number of nitrogens with zero attached hydrogens (tertiary/aromatic N) is 2. The highest BCUT2D eigenvalue weighted by Crippen LogP contribution is 2.30. The van der Waals surface area contributed by atoms with E-state index in [1.165, 1.54) is 0 Å². The molecule has 2 aromatic carbocycles. The second kappa shape index (κ2) is 10.9. The molecule has 7 heteroatoms. The van der Waals surface area contributed by atoms with Crippen molar-refractivity contribution in [3.8, 4) is 0 Å². The Bertz CT molecular complexity index is 1100. The van der Waals surface area contributed by atoms with E-state index in [-0.39, 0.29) is 16.6 Å². The molecular formula is C27H30ClN3O3. The first-order chi connectivity index (χ1) is 16.5. The summed E-state index contributed by atoms with van der Waals surface area (Å²) in [5.41, 5.74) is 2.73. The normalized spacial score (nSPS) is 16.8. The minimum atomic E-state index is -0.563. The molecule has 3 amide bonds. The maximum atomic E-state index is 13.1. The van der Waals surface area contributed by atoms with E-state index in [2.05, 4.69) is 12.2 Å². The average molecular weight is 480 g/mol. The summed E-state index contributed by atoms with van der Waals surface area (Å²) in [6, 6.07) is 14.4. The van der Waals surface area contributed by atoms with Crippen LogP contribution in [0.5, 0.6) is 0 Å². The Morgan fingerprint density at radius 2 is 1.68 bits per heavy atom. The molecule has 1 fully saturated rings. The van der Waals surface area contributed by atoms with Crippen molar-refractivity contribution in [1.29, 1.82) is 0 Å². The van der Waals surface area contributed by atoms with Gasteiger partial charge in [0.05, 0.1) is 5.69 Å². The van der Waals surface area contributed by atoms with Crippen molar-refractivity contribution in [3.63, 3.8) is 0 Å². The van der Waals surface area contributed by atoms with Crippen molar-refractivity contribution >= 4 is 40.7 Å². The Morgan fingerprint density at radius 3 is 2.35 bits per heavy atom. The highest BCUT2D eigenvalue weighted by atomic mass is 35.5. The van der Waals surface area contributed by atoms with Crippen molar-refractivity contribution in [2.75, 3.05) is 23.3 Å². The van der Waals surface area contributed by atoms with E-state index < -0.39 is 11.8 Å². The summed E-state index contributed by atoms with van der Waals surface area (Å²) in [5, 5.41) is 2.82. The number of rotatable bonds is 7. The molecule has 2 heterocycles. The average Bonchev–Trinajstić information content (AvgIpc) is 3.06. The zero-order chi connectivity index (χ0) is 24.1. The summed E-state index contributed by atoms with van der Waals surface area (Å²) in [5.74, 6) is -1.10. The fraction of sp³-hybridized carbons (Fsp3) is 0.370. The first-order valence-electron chi connectivity index (χ1n) is 12.0. The number of hydrogen-bond acceptors (Lipinski definition) is 4. The zero-order valence-electron chi connectivity index (χ0n) is 19.5. The molecule has 0 aliphatic carbocycles. The number of anilines is 2. The molecule has 0 bridgehead atoms. The molecule has 1 N–H and O–H groups in total. The van der Waals surface area contributed by atoms with Gasteiger partial charge in [0.25, 0.3) is 17.7 Å². The Hall–Kier alpha value is -3.12. The van der Waals surface area contributed by atoms with Gasteiger partial charge in [-0.3, -0.25) is 14.4 Å². The number of likely N-dealkylation sites (tertiary alicyclic amines) is 1. The number of aryl methyl sites for hydroxylation is 1. The number of hydrogen-bond donors (Lipinski definition) is 1. The standard InChI is InChI=1S/C27H30ClN3O3/c1-2-3-9-19-12-14-22(15-13-19)31-26(33)23(28)24(27(31)34)29-21-11-8-10-20(18-21)25(32)30-16-6-4-5-7-17-30/h8,10-15,18,29H,2-7,9,16-17H2,1H3. The Kier molecular flexibility index (Phi) is 7.68. The van der Waals surface area contributed by atoms with Crippen LogP contribution in [0, 0.1) is 0 Å². The van der Waals surface area contributed by atoms with Gasteiger partial charge in [-0.1, -0.05) is 56.0 Å². The molecule has 34 heavy (non-hydrogen) atoms. The molecule has 0 spiro atoms. The summed E-state index contributed by atoms with van der Waals surface area (Å²) in [6.45, 7) is 3.65. The lowest BCUT2D eigenvalue weighted by Gasteiger charge is -2.20. The number of imide groups is 1. The largest absolute Gasteiger partial charge is 0.350 e. The lowest BCUT2D eigenvalue weighted by molar-refractivity contribution is -0.120. The first-order valence-corrected chi connectivity index (χ1v) is 12.4. The SMILES string of the molecule is CCCCc1ccc(N2C(=O)C(Cl)=C(Nc3cccc(C(=O)N4CCCCCC4)c3)C2=O)cc1. The van der Waals surface area contributed by atoms with Crippen molar-refractivity contribution < 1.29 is 14.4 Å². The molecular weight excluding hydrogens is 450 g/mol. The third-order valence-corrected chi connectivity index (χ3v) is 6.66. The quantitative estimate of drug-likeness (QED) is 0.534.